The SMILES string of the molecule is CC[C@@H](NC(=O)C(=O)c1c(C)nn(-c2ccccc2)c1C)c1ccc(Cl)cc1. The lowest BCUT2D eigenvalue weighted by molar-refractivity contribution is -0.117. The summed E-state index contributed by atoms with van der Waals surface area (Å²) in [7, 11) is 0. The maximum Gasteiger partial charge on any atom is 0.293 e. The minimum absolute atomic E-state index is 0.265. The molecule has 144 valence electrons. The molecule has 0 fully saturated rings. The molecule has 0 spiro atoms. The third kappa shape index (κ3) is 3.99. The van der Waals surface area contributed by atoms with E-state index in [0.717, 1.165) is 11.3 Å². The Morgan fingerprint density at radius 2 is 1.71 bits per heavy atom. The van der Waals surface area contributed by atoms with Crippen molar-refractivity contribution < 1.29 is 9.59 Å². The van der Waals surface area contributed by atoms with Gasteiger partial charge in [-0.15, -0.1) is 0 Å². The van der Waals surface area contributed by atoms with Gasteiger partial charge in [0.15, 0.2) is 0 Å². The Balaban J connectivity index is 1.84. The number of aromatic nitrogens is 2. The van der Waals surface area contributed by atoms with Crippen LogP contribution in [0.2, 0.25) is 5.02 Å². The fraction of sp³-hybridized carbons (Fsp3) is 0.227. The van der Waals surface area contributed by atoms with Crippen molar-refractivity contribution in [3.63, 3.8) is 0 Å². The standard InChI is InChI=1S/C22H22ClN3O2/c1-4-19(16-10-12-17(23)13-11-16)24-22(28)21(27)20-14(2)25-26(15(20)3)18-8-6-5-7-9-18/h5-13,19H,4H2,1-3H3,(H,24,28)/t19-/m1/s1. The molecule has 3 aromatic rings. The van der Waals surface area contributed by atoms with Crippen molar-refractivity contribution in [3.8, 4) is 5.69 Å². The van der Waals surface area contributed by atoms with Crippen LogP contribution in [0.15, 0.2) is 54.6 Å². The van der Waals surface area contributed by atoms with Gasteiger partial charge in [-0.1, -0.05) is 48.9 Å². The van der Waals surface area contributed by atoms with Crippen LogP contribution in [0.1, 0.15) is 46.7 Å². The van der Waals surface area contributed by atoms with E-state index < -0.39 is 11.7 Å². The molecule has 6 heteroatoms. The number of hydrogen-bond acceptors (Lipinski definition) is 3. The van der Waals surface area contributed by atoms with Crippen molar-refractivity contribution in [1.29, 1.82) is 0 Å². The van der Waals surface area contributed by atoms with E-state index in [2.05, 4.69) is 10.4 Å². The van der Waals surface area contributed by atoms with E-state index in [1.165, 1.54) is 0 Å². The summed E-state index contributed by atoms with van der Waals surface area (Å²) in [6, 6.07) is 16.5. The third-order valence-corrected chi connectivity index (χ3v) is 4.96. The van der Waals surface area contributed by atoms with Gasteiger partial charge in [-0.25, -0.2) is 4.68 Å². The van der Waals surface area contributed by atoms with E-state index in [9.17, 15) is 9.59 Å². The number of rotatable bonds is 6. The Morgan fingerprint density at radius 3 is 2.32 bits per heavy atom. The predicted octanol–water partition coefficient (Wildman–Crippen LogP) is 4.59. The Morgan fingerprint density at radius 1 is 1.07 bits per heavy atom. The normalized spacial score (nSPS) is 11.9. The highest BCUT2D eigenvalue weighted by Crippen LogP contribution is 2.21. The van der Waals surface area contributed by atoms with Crippen LogP contribution in [0.4, 0.5) is 0 Å². The first-order valence-corrected chi connectivity index (χ1v) is 9.52. The Kier molecular flexibility index (Phi) is 5.95. The van der Waals surface area contributed by atoms with Gasteiger partial charge in [0, 0.05) is 5.02 Å². The molecule has 0 saturated heterocycles. The van der Waals surface area contributed by atoms with Gasteiger partial charge in [-0.05, 0) is 50.1 Å². The topological polar surface area (TPSA) is 64.0 Å². The van der Waals surface area contributed by atoms with Crippen molar-refractivity contribution in [1.82, 2.24) is 15.1 Å². The van der Waals surface area contributed by atoms with Crippen LogP contribution in [0, 0.1) is 13.8 Å². The smallest absolute Gasteiger partial charge is 0.293 e. The van der Waals surface area contributed by atoms with E-state index in [1.807, 2.05) is 49.4 Å². The van der Waals surface area contributed by atoms with E-state index in [-0.39, 0.29) is 6.04 Å². The van der Waals surface area contributed by atoms with Gasteiger partial charge in [0.05, 0.1) is 28.7 Å². The molecule has 5 nitrogen and oxygen atoms in total. The highest BCUT2D eigenvalue weighted by atomic mass is 35.5. The van der Waals surface area contributed by atoms with Gasteiger partial charge in [-0.2, -0.15) is 5.10 Å². The zero-order chi connectivity index (χ0) is 20.3. The van der Waals surface area contributed by atoms with Crippen molar-refractivity contribution in [2.24, 2.45) is 0 Å². The van der Waals surface area contributed by atoms with Crippen LogP contribution in [0.3, 0.4) is 0 Å². The number of nitrogens with zero attached hydrogens (tertiary/aromatic N) is 2. The fourth-order valence-electron chi connectivity index (χ4n) is 3.25. The summed E-state index contributed by atoms with van der Waals surface area (Å²) < 4.78 is 1.69. The quantitative estimate of drug-likeness (QED) is 0.490. The van der Waals surface area contributed by atoms with Crippen molar-refractivity contribution in [2.45, 2.75) is 33.2 Å². The second-order valence-corrected chi connectivity index (χ2v) is 7.04. The lowest BCUT2D eigenvalue weighted by Gasteiger charge is -2.17. The minimum atomic E-state index is -0.638. The number of hydrogen-bond donors (Lipinski definition) is 1. The molecular weight excluding hydrogens is 374 g/mol. The first-order chi connectivity index (χ1) is 13.4. The number of aryl methyl sites for hydroxylation is 1. The van der Waals surface area contributed by atoms with Crippen molar-refractivity contribution in [2.75, 3.05) is 0 Å². The van der Waals surface area contributed by atoms with E-state index in [1.54, 1.807) is 30.7 Å². The second-order valence-electron chi connectivity index (χ2n) is 6.61. The lowest BCUT2D eigenvalue weighted by atomic mass is 10.0. The monoisotopic (exact) mass is 395 g/mol. The van der Waals surface area contributed by atoms with Crippen LogP contribution in [-0.4, -0.2) is 21.5 Å². The highest BCUT2D eigenvalue weighted by Gasteiger charge is 2.26. The molecule has 28 heavy (non-hydrogen) atoms. The molecule has 1 heterocycles. The lowest BCUT2D eigenvalue weighted by Crippen LogP contribution is -2.34. The summed E-state index contributed by atoms with van der Waals surface area (Å²) in [4.78, 5) is 25.6. The summed E-state index contributed by atoms with van der Waals surface area (Å²) in [5.41, 5.74) is 3.26. The van der Waals surface area contributed by atoms with E-state index >= 15 is 0 Å². The Hall–Kier alpha value is -2.92. The van der Waals surface area contributed by atoms with Gasteiger partial charge >= 0.3 is 0 Å². The van der Waals surface area contributed by atoms with Crippen LogP contribution in [-0.2, 0) is 4.79 Å². The number of amides is 1. The molecule has 1 amide bonds. The molecule has 1 atom stereocenters. The average molecular weight is 396 g/mol. The van der Waals surface area contributed by atoms with Gasteiger partial charge < -0.3 is 5.32 Å². The summed E-state index contributed by atoms with van der Waals surface area (Å²) in [6.07, 6.45) is 0.655. The fourth-order valence-corrected chi connectivity index (χ4v) is 3.37. The number of Topliss-reactive ketones (excluding diaryl/α,β-unsaturated/α-hetero) is 1. The zero-order valence-corrected chi connectivity index (χ0v) is 16.8. The molecule has 0 saturated carbocycles. The van der Waals surface area contributed by atoms with Gasteiger partial charge in [0.25, 0.3) is 11.7 Å². The van der Waals surface area contributed by atoms with Gasteiger partial charge in [0.2, 0.25) is 0 Å². The number of carbonyl (C=O) groups excluding carboxylic acids is 2. The van der Waals surface area contributed by atoms with E-state index in [4.69, 9.17) is 11.6 Å². The van der Waals surface area contributed by atoms with Gasteiger partial charge in [-0.3, -0.25) is 9.59 Å². The van der Waals surface area contributed by atoms with Gasteiger partial charge in [0.1, 0.15) is 0 Å². The minimum Gasteiger partial charge on any atom is -0.342 e. The molecule has 1 aromatic heterocycles. The molecule has 2 aromatic carbocycles. The molecular formula is C22H22ClN3O2. The van der Waals surface area contributed by atoms with E-state index in [0.29, 0.717) is 28.4 Å². The molecule has 0 unspecified atom stereocenters. The maximum atomic E-state index is 12.9. The zero-order valence-electron chi connectivity index (χ0n) is 16.1. The number of carbonyl (C=O) groups is 2. The molecule has 3 rings (SSSR count). The van der Waals surface area contributed by atoms with Crippen LogP contribution in [0.5, 0.6) is 0 Å². The van der Waals surface area contributed by atoms with Crippen LogP contribution < -0.4 is 5.32 Å². The number of para-hydroxylation sites is 1. The number of nitrogens with one attached hydrogen (secondary N) is 1. The van der Waals surface area contributed by atoms with Crippen molar-refractivity contribution >= 4 is 23.3 Å². The maximum absolute atomic E-state index is 12.9. The van der Waals surface area contributed by atoms with Crippen LogP contribution >= 0.6 is 11.6 Å². The average Bonchev–Trinajstić information content (AvgIpc) is 3.01. The summed E-state index contributed by atoms with van der Waals surface area (Å²) in [5, 5.41) is 7.91. The number of halogens is 1. The first kappa shape index (κ1) is 19.8. The molecule has 0 aliphatic heterocycles. The third-order valence-electron chi connectivity index (χ3n) is 4.71. The molecule has 0 radical (unpaired) electrons. The van der Waals surface area contributed by atoms with Crippen LogP contribution in [0.25, 0.3) is 5.69 Å². The second kappa shape index (κ2) is 8.40. The van der Waals surface area contributed by atoms with Crippen molar-refractivity contribution in [3.05, 3.63) is 82.1 Å². The Bertz CT molecular complexity index is 995. The summed E-state index contributed by atoms with van der Waals surface area (Å²) in [6.45, 7) is 5.49. The number of benzene rings is 2. The largest absolute Gasteiger partial charge is 0.342 e. The number of ketones is 1. The predicted molar refractivity (Wildman–Crippen MR) is 110 cm³/mol. The molecule has 0 bridgehead atoms. The summed E-state index contributed by atoms with van der Waals surface area (Å²) in [5.74, 6) is -1.22. The highest BCUT2D eigenvalue weighted by molar-refractivity contribution is 6.43. The Labute approximate surface area is 169 Å². The molecule has 1 N–H and O–H groups in total. The molecule has 0 aliphatic carbocycles. The first-order valence-electron chi connectivity index (χ1n) is 9.14. The molecule has 0 aliphatic rings. The summed E-state index contributed by atoms with van der Waals surface area (Å²) >= 11 is 5.93.